The van der Waals surface area contributed by atoms with Gasteiger partial charge in [0.2, 0.25) is 10.9 Å². The van der Waals surface area contributed by atoms with Gasteiger partial charge in [-0.3, -0.25) is 4.79 Å². The van der Waals surface area contributed by atoms with Gasteiger partial charge in [0, 0.05) is 5.56 Å². The van der Waals surface area contributed by atoms with Gasteiger partial charge >= 0.3 is 0 Å². The second kappa shape index (κ2) is 6.94. The lowest BCUT2D eigenvalue weighted by atomic mass is 10.1. The fourth-order valence-corrected chi connectivity index (χ4v) is 2.36. The van der Waals surface area contributed by atoms with Crippen molar-refractivity contribution in [3.05, 3.63) is 22.7 Å². The molecule has 22 heavy (non-hydrogen) atoms. The fourth-order valence-electron chi connectivity index (χ4n) is 1.81. The minimum Gasteiger partial charge on any atom is -0.493 e. The Morgan fingerprint density at radius 1 is 1.18 bits per heavy atom. The van der Waals surface area contributed by atoms with Crippen molar-refractivity contribution in [3.8, 4) is 17.2 Å². The summed E-state index contributed by atoms with van der Waals surface area (Å²) in [6.45, 7) is 0.240. The number of nitrogens with one attached hydrogen (secondary N) is 1. The highest BCUT2D eigenvalue weighted by Gasteiger charge is 2.17. The summed E-state index contributed by atoms with van der Waals surface area (Å²) in [6.07, 6.45) is 0. The molecule has 8 nitrogen and oxygen atoms in total. The second-order valence-electron chi connectivity index (χ2n) is 4.13. The van der Waals surface area contributed by atoms with E-state index in [0.29, 0.717) is 33.0 Å². The Morgan fingerprint density at radius 2 is 1.82 bits per heavy atom. The second-order valence-corrected chi connectivity index (χ2v) is 5.22. The third-order valence-corrected chi connectivity index (χ3v) is 3.56. The summed E-state index contributed by atoms with van der Waals surface area (Å²) < 4.78 is 15.6. The molecule has 2 rings (SSSR count). The van der Waals surface area contributed by atoms with Gasteiger partial charge in [0.1, 0.15) is 5.01 Å². The molecule has 1 aromatic carbocycles. The molecule has 0 aliphatic carbocycles. The molecule has 1 aromatic heterocycles. The first-order valence-electron chi connectivity index (χ1n) is 6.25. The summed E-state index contributed by atoms with van der Waals surface area (Å²) in [5, 5.41) is 11.2. The molecule has 0 saturated carbocycles. The van der Waals surface area contributed by atoms with E-state index >= 15 is 0 Å². The maximum atomic E-state index is 12.2. The zero-order valence-corrected chi connectivity index (χ0v) is 13.2. The van der Waals surface area contributed by atoms with Gasteiger partial charge in [-0.05, 0) is 12.1 Å². The Balaban J connectivity index is 2.18. The van der Waals surface area contributed by atoms with Crippen molar-refractivity contribution in [3.63, 3.8) is 0 Å². The molecule has 0 unspecified atom stereocenters. The molecule has 3 N–H and O–H groups in total. The highest BCUT2D eigenvalue weighted by atomic mass is 32.1. The van der Waals surface area contributed by atoms with Crippen molar-refractivity contribution in [2.75, 3.05) is 27.1 Å². The van der Waals surface area contributed by atoms with Crippen LogP contribution >= 0.6 is 11.3 Å². The minimum atomic E-state index is -0.298. The number of carbonyl (C=O) groups is 1. The molecule has 0 fully saturated rings. The van der Waals surface area contributed by atoms with Crippen molar-refractivity contribution in [1.82, 2.24) is 15.5 Å². The zero-order chi connectivity index (χ0) is 16.1. The number of nitrogen functional groups attached to an aromatic ring is 1. The number of carbonyl (C=O) groups excluding carboxylic acids is 1. The van der Waals surface area contributed by atoms with Crippen LogP contribution in [0.5, 0.6) is 17.2 Å². The Labute approximate surface area is 131 Å². The number of aromatic nitrogens is 2. The van der Waals surface area contributed by atoms with E-state index in [1.807, 2.05) is 0 Å². The number of anilines is 1. The van der Waals surface area contributed by atoms with Gasteiger partial charge < -0.3 is 25.3 Å². The summed E-state index contributed by atoms with van der Waals surface area (Å²) in [7, 11) is 4.48. The Hall–Kier alpha value is -2.55. The maximum absolute atomic E-state index is 12.2. The van der Waals surface area contributed by atoms with E-state index in [1.165, 1.54) is 32.7 Å². The van der Waals surface area contributed by atoms with E-state index in [1.54, 1.807) is 12.1 Å². The van der Waals surface area contributed by atoms with E-state index in [-0.39, 0.29) is 12.5 Å². The quantitative estimate of drug-likeness (QED) is 0.818. The van der Waals surface area contributed by atoms with E-state index in [4.69, 9.17) is 19.9 Å². The number of hydrogen-bond acceptors (Lipinski definition) is 8. The van der Waals surface area contributed by atoms with Crippen LogP contribution in [0.2, 0.25) is 0 Å². The first kappa shape index (κ1) is 15.8. The molecule has 0 saturated heterocycles. The van der Waals surface area contributed by atoms with E-state index in [9.17, 15) is 4.79 Å². The Morgan fingerprint density at radius 3 is 2.27 bits per heavy atom. The van der Waals surface area contributed by atoms with Gasteiger partial charge in [-0.15, -0.1) is 10.2 Å². The van der Waals surface area contributed by atoms with Crippen molar-refractivity contribution in [2.24, 2.45) is 0 Å². The van der Waals surface area contributed by atoms with Crippen molar-refractivity contribution in [2.45, 2.75) is 6.54 Å². The number of methoxy groups -OCH3 is 3. The number of hydrogen-bond donors (Lipinski definition) is 2. The lowest BCUT2D eigenvalue weighted by Gasteiger charge is -2.13. The number of nitrogens with zero attached hydrogens (tertiary/aromatic N) is 2. The van der Waals surface area contributed by atoms with Gasteiger partial charge in [0.05, 0.1) is 27.9 Å². The summed E-state index contributed by atoms with van der Waals surface area (Å²) in [5.41, 5.74) is 5.87. The monoisotopic (exact) mass is 324 g/mol. The van der Waals surface area contributed by atoms with E-state index in [2.05, 4.69) is 15.5 Å². The fraction of sp³-hybridized carbons (Fsp3) is 0.308. The highest BCUT2D eigenvalue weighted by Crippen LogP contribution is 2.38. The summed E-state index contributed by atoms with van der Waals surface area (Å²) >= 11 is 1.22. The van der Waals surface area contributed by atoms with Gasteiger partial charge in [0.25, 0.3) is 5.91 Å². The average molecular weight is 324 g/mol. The Kier molecular flexibility index (Phi) is 4.99. The SMILES string of the molecule is COc1cc(C(=O)NCc2nnc(N)s2)cc(OC)c1OC. The molecule has 0 radical (unpaired) electrons. The average Bonchev–Trinajstić information content (AvgIpc) is 2.96. The first-order valence-corrected chi connectivity index (χ1v) is 7.06. The molecule has 0 bridgehead atoms. The van der Waals surface area contributed by atoms with Crippen molar-refractivity contribution < 1.29 is 19.0 Å². The third kappa shape index (κ3) is 3.37. The Bertz CT molecular complexity index is 649. The van der Waals surface area contributed by atoms with Gasteiger partial charge in [-0.1, -0.05) is 11.3 Å². The molecular formula is C13H16N4O4S. The molecule has 0 atom stereocenters. The lowest BCUT2D eigenvalue weighted by Crippen LogP contribution is -2.22. The number of rotatable bonds is 6. The largest absolute Gasteiger partial charge is 0.493 e. The van der Waals surface area contributed by atoms with Crippen molar-refractivity contribution in [1.29, 1.82) is 0 Å². The predicted molar refractivity (Wildman–Crippen MR) is 81.6 cm³/mol. The lowest BCUT2D eigenvalue weighted by molar-refractivity contribution is 0.0950. The molecular weight excluding hydrogens is 308 g/mol. The van der Waals surface area contributed by atoms with Crippen LogP contribution < -0.4 is 25.3 Å². The molecule has 0 spiro atoms. The van der Waals surface area contributed by atoms with Crippen LogP contribution in [-0.4, -0.2) is 37.4 Å². The van der Waals surface area contributed by atoms with Crippen molar-refractivity contribution >= 4 is 22.4 Å². The molecule has 1 heterocycles. The smallest absolute Gasteiger partial charge is 0.251 e. The molecule has 0 aliphatic rings. The van der Waals surface area contributed by atoms with Crippen LogP contribution in [0.25, 0.3) is 0 Å². The predicted octanol–water partition coefficient (Wildman–Crippen LogP) is 1.08. The number of ether oxygens (including phenoxy) is 3. The van der Waals surface area contributed by atoms with E-state index in [0.717, 1.165) is 0 Å². The molecule has 0 aliphatic heterocycles. The molecule has 1 amide bonds. The maximum Gasteiger partial charge on any atom is 0.251 e. The van der Waals surface area contributed by atoms with Crippen LogP contribution in [0.1, 0.15) is 15.4 Å². The van der Waals surface area contributed by atoms with Crippen LogP contribution in [0.4, 0.5) is 5.13 Å². The summed E-state index contributed by atoms with van der Waals surface area (Å²) in [4.78, 5) is 12.2. The molecule has 9 heteroatoms. The topological polar surface area (TPSA) is 109 Å². The first-order chi connectivity index (χ1) is 10.6. The van der Waals surface area contributed by atoms with E-state index < -0.39 is 0 Å². The van der Waals surface area contributed by atoms with Gasteiger partial charge in [-0.2, -0.15) is 0 Å². The zero-order valence-electron chi connectivity index (χ0n) is 12.4. The van der Waals surface area contributed by atoms with Crippen LogP contribution in [-0.2, 0) is 6.54 Å². The number of benzene rings is 1. The number of nitrogens with two attached hydrogens (primary N) is 1. The standard InChI is InChI=1S/C13H16N4O4S/c1-19-8-4-7(5-9(20-2)11(8)21-3)12(18)15-6-10-16-17-13(14)22-10/h4-5H,6H2,1-3H3,(H2,14,17)(H,15,18). The minimum absolute atomic E-state index is 0.240. The van der Waals surface area contributed by atoms with Crippen LogP contribution in [0.3, 0.4) is 0 Å². The van der Waals surface area contributed by atoms with Crippen LogP contribution in [0.15, 0.2) is 12.1 Å². The van der Waals surface area contributed by atoms with Gasteiger partial charge in [0.15, 0.2) is 11.5 Å². The molecule has 2 aromatic rings. The van der Waals surface area contributed by atoms with Gasteiger partial charge in [-0.25, -0.2) is 0 Å². The highest BCUT2D eigenvalue weighted by molar-refractivity contribution is 7.15. The van der Waals surface area contributed by atoms with Crippen LogP contribution in [0, 0.1) is 0 Å². The summed E-state index contributed by atoms with van der Waals surface area (Å²) in [6, 6.07) is 3.15. The summed E-state index contributed by atoms with van der Waals surface area (Å²) in [5.74, 6) is 0.950. The molecule has 118 valence electrons. The normalized spacial score (nSPS) is 10.1. The number of amides is 1. The third-order valence-electron chi connectivity index (χ3n) is 2.81.